The van der Waals surface area contributed by atoms with Crippen molar-refractivity contribution < 1.29 is 13.9 Å². The van der Waals surface area contributed by atoms with E-state index in [1.54, 1.807) is 6.26 Å². The maximum atomic E-state index is 12.7. The van der Waals surface area contributed by atoms with E-state index in [9.17, 15) is 4.79 Å². The van der Waals surface area contributed by atoms with Crippen molar-refractivity contribution in [2.45, 2.75) is 13.0 Å². The smallest absolute Gasteiger partial charge is 0.290 e. The van der Waals surface area contributed by atoms with Gasteiger partial charge in [-0.2, -0.15) is 0 Å². The van der Waals surface area contributed by atoms with E-state index in [0.29, 0.717) is 25.5 Å². The Morgan fingerprint density at radius 1 is 1.40 bits per heavy atom. The maximum absolute atomic E-state index is 12.7. The highest BCUT2D eigenvalue weighted by Crippen LogP contribution is 2.27. The number of aromatic nitrogens is 1. The van der Waals surface area contributed by atoms with Gasteiger partial charge in [-0.25, -0.2) is 0 Å². The first-order valence-corrected chi connectivity index (χ1v) is 6.72. The highest BCUT2D eigenvalue weighted by atomic mass is 16.5. The number of furan rings is 1. The number of hydrogen-bond donors (Lipinski definition) is 0. The standard InChI is InChI=1S/C15H18N2O3/c1-11-5-8-20-14(11)15(18)17-7-9-19-10-13(17)12-4-3-6-16(12)2/h3-6,8,13H,7,9-10H2,1-2H3/t13-/m1/s1. The Kier molecular flexibility index (Phi) is 3.36. The third-order valence-electron chi connectivity index (χ3n) is 3.77. The van der Waals surface area contributed by atoms with Gasteiger partial charge in [0.05, 0.1) is 25.5 Å². The van der Waals surface area contributed by atoms with Gasteiger partial charge in [-0.1, -0.05) is 0 Å². The molecule has 1 amide bonds. The summed E-state index contributed by atoms with van der Waals surface area (Å²) in [5, 5.41) is 0. The number of aryl methyl sites for hydroxylation is 2. The van der Waals surface area contributed by atoms with Crippen molar-refractivity contribution >= 4 is 5.91 Å². The van der Waals surface area contributed by atoms with Crippen LogP contribution >= 0.6 is 0 Å². The van der Waals surface area contributed by atoms with Gasteiger partial charge in [0.2, 0.25) is 0 Å². The molecule has 3 rings (SSSR count). The van der Waals surface area contributed by atoms with E-state index in [-0.39, 0.29) is 11.9 Å². The fraction of sp³-hybridized carbons (Fsp3) is 0.400. The highest BCUT2D eigenvalue weighted by molar-refractivity contribution is 5.93. The number of amides is 1. The second-order valence-corrected chi connectivity index (χ2v) is 5.07. The molecule has 0 aliphatic carbocycles. The number of carbonyl (C=O) groups is 1. The van der Waals surface area contributed by atoms with Crippen molar-refractivity contribution in [1.29, 1.82) is 0 Å². The molecular formula is C15H18N2O3. The molecule has 106 valence electrons. The second-order valence-electron chi connectivity index (χ2n) is 5.07. The zero-order chi connectivity index (χ0) is 14.1. The summed E-state index contributed by atoms with van der Waals surface area (Å²) in [6, 6.07) is 5.74. The third kappa shape index (κ3) is 2.14. The molecule has 0 aromatic carbocycles. The molecular weight excluding hydrogens is 256 g/mol. The first-order chi connectivity index (χ1) is 9.68. The van der Waals surface area contributed by atoms with Crippen LogP contribution in [0.5, 0.6) is 0 Å². The lowest BCUT2D eigenvalue weighted by Gasteiger charge is -2.35. The molecule has 0 unspecified atom stereocenters. The van der Waals surface area contributed by atoms with Gasteiger partial charge in [0.1, 0.15) is 0 Å². The average molecular weight is 274 g/mol. The van der Waals surface area contributed by atoms with Crippen LogP contribution in [0.25, 0.3) is 0 Å². The summed E-state index contributed by atoms with van der Waals surface area (Å²) in [5.74, 6) is 0.355. The Balaban J connectivity index is 1.92. The van der Waals surface area contributed by atoms with Crippen molar-refractivity contribution in [1.82, 2.24) is 9.47 Å². The lowest BCUT2D eigenvalue weighted by Crippen LogP contribution is -2.44. The fourth-order valence-corrected chi connectivity index (χ4v) is 2.63. The van der Waals surface area contributed by atoms with Crippen LogP contribution < -0.4 is 0 Å². The summed E-state index contributed by atoms with van der Waals surface area (Å²) in [6.07, 6.45) is 3.53. The molecule has 5 nitrogen and oxygen atoms in total. The number of carbonyl (C=O) groups excluding carboxylic acids is 1. The number of ether oxygens (including phenoxy) is 1. The van der Waals surface area contributed by atoms with E-state index in [1.807, 2.05) is 47.8 Å². The molecule has 0 saturated carbocycles. The van der Waals surface area contributed by atoms with Crippen molar-refractivity contribution in [2.24, 2.45) is 7.05 Å². The summed E-state index contributed by atoms with van der Waals surface area (Å²) < 4.78 is 12.9. The van der Waals surface area contributed by atoms with Gasteiger partial charge in [-0.3, -0.25) is 4.79 Å². The van der Waals surface area contributed by atoms with E-state index >= 15 is 0 Å². The van der Waals surface area contributed by atoms with Gasteiger partial charge in [0, 0.05) is 31.0 Å². The lowest BCUT2D eigenvalue weighted by atomic mass is 10.1. The Hall–Kier alpha value is -2.01. The largest absolute Gasteiger partial charge is 0.459 e. The molecule has 0 spiro atoms. The van der Waals surface area contributed by atoms with Crippen molar-refractivity contribution in [3.8, 4) is 0 Å². The zero-order valence-electron chi connectivity index (χ0n) is 11.7. The van der Waals surface area contributed by atoms with E-state index in [0.717, 1.165) is 11.3 Å². The van der Waals surface area contributed by atoms with Gasteiger partial charge in [-0.15, -0.1) is 0 Å². The molecule has 20 heavy (non-hydrogen) atoms. The van der Waals surface area contributed by atoms with E-state index in [4.69, 9.17) is 9.15 Å². The molecule has 2 aromatic heterocycles. The molecule has 1 aliphatic rings. The van der Waals surface area contributed by atoms with Gasteiger partial charge in [-0.05, 0) is 25.1 Å². The topological polar surface area (TPSA) is 47.6 Å². The molecule has 0 N–H and O–H groups in total. The average Bonchev–Trinajstić information content (AvgIpc) is 3.06. The number of nitrogens with zero attached hydrogens (tertiary/aromatic N) is 2. The van der Waals surface area contributed by atoms with Crippen LogP contribution in [-0.2, 0) is 11.8 Å². The van der Waals surface area contributed by atoms with Crippen LogP contribution in [0.1, 0.15) is 27.9 Å². The number of hydrogen-bond acceptors (Lipinski definition) is 3. The molecule has 0 bridgehead atoms. The minimum Gasteiger partial charge on any atom is -0.459 e. The fourth-order valence-electron chi connectivity index (χ4n) is 2.63. The molecule has 1 aliphatic heterocycles. The normalized spacial score (nSPS) is 19.3. The van der Waals surface area contributed by atoms with Crippen LogP contribution in [0.4, 0.5) is 0 Å². The highest BCUT2D eigenvalue weighted by Gasteiger charge is 2.32. The Bertz CT molecular complexity index is 614. The van der Waals surface area contributed by atoms with E-state index in [1.165, 1.54) is 0 Å². The lowest BCUT2D eigenvalue weighted by molar-refractivity contribution is -0.00622. The van der Waals surface area contributed by atoms with Gasteiger partial charge in [0.25, 0.3) is 5.91 Å². The predicted molar refractivity (Wildman–Crippen MR) is 73.5 cm³/mol. The van der Waals surface area contributed by atoms with Crippen molar-refractivity contribution in [3.63, 3.8) is 0 Å². The van der Waals surface area contributed by atoms with Crippen LogP contribution in [0, 0.1) is 6.92 Å². The Labute approximate surface area is 117 Å². The minimum atomic E-state index is -0.0688. The summed E-state index contributed by atoms with van der Waals surface area (Å²) in [4.78, 5) is 14.5. The molecule has 1 fully saturated rings. The monoisotopic (exact) mass is 274 g/mol. The molecule has 1 saturated heterocycles. The molecule has 1 atom stereocenters. The van der Waals surface area contributed by atoms with Crippen molar-refractivity contribution in [3.05, 3.63) is 47.7 Å². The minimum absolute atomic E-state index is 0.0676. The number of morpholine rings is 1. The summed E-state index contributed by atoms with van der Waals surface area (Å²) >= 11 is 0. The van der Waals surface area contributed by atoms with E-state index in [2.05, 4.69) is 0 Å². The maximum Gasteiger partial charge on any atom is 0.290 e. The second kappa shape index (κ2) is 5.17. The van der Waals surface area contributed by atoms with Crippen LogP contribution in [0.2, 0.25) is 0 Å². The Morgan fingerprint density at radius 3 is 2.90 bits per heavy atom. The number of rotatable bonds is 2. The SMILES string of the molecule is Cc1ccoc1C(=O)N1CCOC[C@@H]1c1cccn1C. The third-order valence-corrected chi connectivity index (χ3v) is 3.77. The zero-order valence-corrected chi connectivity index (χ0v) is 11.7. The van der Waals surface area contributed by atoms with Gasteiger partial charge < -0.3 is 18.6 Å². The first-order valence-electron chi connectivity index (χ1n) is 6.72. The predicted octanol–water partition coefficient (Wildman–Crippen LogP) is 2.14. The Morgan fingerprint density at radius 2 is 2.25 bits per heavy atom. The van der Waals surface area contributed by atoms with Crippen LogP contribution in [-0.4, -0.2) is 35.1 Å². The molecule has 3 heterocycles. The molecule has 5 heteroatoms. The summed E-state index contributed by atoms with van der Waals surface area (Å²) in [6.45, 7) is 3.54. The van der Waals surface area contributed by atoms with Crippen LogP contribution in [0.15, 0.2) is 35.1 Å². The summed E-state index contributed by atoms with van der Waals surface area (Å²) in [5.41, 5.74) is 1.94. The first kappa shape index (κ1) is 13.0. The quantitative estimate of drug-likeness (QED) is 0.843. The molecule has 0 radical (unpaired) electrons. The molecule has 2 aromatic rings. The van der Waals surface area contributed by atoms with Gasteiger partial charge >= 0.3 is 0 Å². The van der Waals surface area contributed by atoms with Crippen LogP contribution in [0.3, 0.4) is 0 Å². The van der Waals surface area contributed by atoms with E-state index < -0.39 is 0 Å². The summed E-state index contributed by atoms with van der Waals surface area (Å²) in [7, 11) is 1.98. The van der Waals surface area contributed by atoms with Crippen molar-refractivity contribution in [2.75, 3.05) is 19.8 Å². The van der Waals surface area contributed by atoms with Gasteiger partial charge in [0.15, 0.2) is 5.76 Å².